The number of fused-ring (bicyclic) bond motifs is 1. The summed E-state index contributed by atoms with van der Waals surface area (Å²) in [5.41, 5.74) is 2.45. The molecule has 0 N–H and O–H groups in total. The first-order chi connectivity index (χ1) is 16.9. The van der Waals surface area contributed by atoms with Crippen molar-refractivity contribution in [3.8, 4) is 17.2 Å². The maximum atomic E-state index is 7.39. The summed E-state index contributed by atoms with van der Waals surface area (Å²) >= 11 is 0. The fourth-order valence-corrected chi connectivity index (χ4v) is 9.03. The lowest BCUT2D eigenvalue weighted by molar-refractivity contribution is 0.203. The molecule has 0 radical (unpaired) electrons. The summed E-state index contributed by atoms with van der Waals surface area (Å²) in [6.45, 7) is 6.94. The van der Waals surface area contributed by atoms with E-state index in [9.17, 15) is 0 Å². The van der Waals surface area contributed by atoms with Gasteiger partial charge < -0.3 is 18.4 Å². The molecule has 0 fully saturated rings. The van der Waals surface area contributed by atoms with E-state index in [1.54, 1.807) is 21.3 Å². The van der Waals surface area contributed by atoms with Gasteiger partial charge in [0.2, 0.25) is 5.75 Å². The molecule has 0 heterocycles. The molecule has 4 nitrogen and oxygen atoms in total. The molecule has 0 saturated heterocycles. The van der Waals surface area contributed by atoms with Crippen LogP contribution < -0.4 is 14.2 Å². The van der Waals surface area contributed by atoms with Crippen molar-refractivity contribution in [1.82, 2.24) is 0 Å². The van der Waals surface area contributed by atoms with Crippen molar-refractivity contribution in [3.05, 3.63) is 77.9 Å². The molecule has 1 unspecified atom stereocenters. The number of hydrogen-bond acceptors (Lipinski definition) is 4. The SMILES string of the molecule is COc1cc2c(c(OC)c1OC)CCC(OS(c1ccccc1)(c1ccccc1)C(C)(C)C)CC2. The standard InChI is InChI=1S/C30H38O4S/c1-30(2,3)35(24-13-9-7-10-14-24,25-15-11-8-12-16-25)34-23-18-17-22-21-27(31-4)29(33-6)28(32-5)26(22)20-19-23/h7-16,21,23H,17-20H2,1-6H3. The van der Waals surface area contributed by atoms with E-state index in [-0.39, 0.29) is 10.9 Å². The van der Waals surface area contributed by atoms with Crippen molar-refractivity contribution in [2.24, 2.45) is 0 Å². The summed E-state index contributed by atoms with van der Waals surface area (Å²) in [6, 6.07) is 23.7. The fourth-order valence-electron chi connectivity index (χ4n) is 5.15. The number of aryl methyl sites for hydroxylation is 1. The van der Waals surface area contributed by atoms with Gasteiger partial charge in [0, 0.05) is 20.1 Å². The van der Waals surface area contributed by atoms with Gasteiger partial charge in [-0.3, -0.25) is 0 Å². The Balaban J connectivity index is 1.75. The van der Waals surface area contributed by atoms with E-state index in [0.29, 0.717) is 11.5 Å². The van der Waals surface area contributed by atoms with E-state index >= 15 is 0 Å². The lowest BCUT2D eigenvalue weighted by Crippen LogP contribution is -2.31. The van der Waals surface area contributed by atoms with Crippen LogP contribution in [0.15, 0.2) is 76.5 Å². The Labute approximate surface area is 212 Å². The first-order valence-corrected chi connectivity index (χ1v) is 13.8. The molecule has 0 aliphatic heterocycles. The van der Waals surface area contributed by atoms with E-state index < -0.39 is 10.3 Å². The molecular formula is C30H38O4S. The quantitative estimate of drug-likeness (QED) is 0.317. The van der Waals surface area contributed by atoms with Crippen molar-refractivity contribution < 1.29 is 18.4 Å². The minimum atomic E-state index is -1.80. The molecule has 0 bridgehead atoms. The van der Waals surface area contributed by atoms with Crippen molar-refractivity contribution in [2.45, 2.75) is 67.1 Å². The van der Waals surface area contributed by atoms with Gasteiger partial charge in [0.15, 0.2) is 11.5 Å². The lowest BCUT2D eigenvalue weighted by Gasteiger charge is -2.52. The molecule has 1 aliphatic rings. The third-order valence-electron chi connectivity index (χ3n) is 6.77. The Morgan fingerprint density at radius 3 is 1.74 bits per heavy atom. The summed E-state index contributed by atoms with van der Waals surface area (Å²) in [5.74, 6) is 2.16. The van der Waals surface area contributed by atoms with E-state index in [0.717, 1.165) is 31.4 Å². The summed E-state index contributed by atoms with van der Waals surface area (Å²) < 4.78 is 24.4. The predicted octanol–water partition coefficient (Wildman–Crippen LogP) is 7.61. The minimum absolute atomic E-state index is 0.0982. The maximum Gasteiger partial charge on any atom is 0.203 e. The second kappa shape index (κ2) is 10.5. The van der Waals surface area contributed by atoms with Crippen LogP contribution in [0.25, 0.3) is 0 Å². The van der Waals surface area contributed by atoms with Crippen LogP contribution in [0.5, 0.6) is 17.2 Å². The van der Waals surface area contributed by atoms with E-state index in [1.807, 2.05) is 0 Å². The summed E-state index contributed by atoms with van der Waals surface area (Å²) in [6.07, 6.45) is 3.74. The van der Waals surface area contributed by atoms with Gasteiger partial charge in [-0.1, -0.05) is 46.7 Å². The molecule has 1 aliphatic carbocycles. The second-order valence-electron chi connectivity index (χ2n) is 9.87. The number of rotatable bonds is 7. The normalized spacial score (nSPS) is 16.7. The smallest absolute Gasteiger partial charge is 0.203 e. The van der Waals surface area contributed by atoms with Gasteiger partial charge in [-0.2, -0.15) is 0 Å². The average molecular weight is 495 g/mol. The second-order valence-corrected chi connectivity index (χ2v) is 13.3. The van der Waals surface area contributed by atoms with Crippen LogP contribution in [-0.4, -0.2) is 32.2 Å². The van der Waals surface area contributed by atoms with Gasteiger partial charge >= 0.3 is 0 Å². The molecule has 4 rings (SSSR count). The first-order valence-electron chi connectivity index (χ1n) is 12.3. The topological polar surface area (TPSA) is 36.9 Å². The highest BCUT2D eigenvalue weighted by Crippen LogP contribution is 2.72. The number of hydrogen-bond donors (Lipinski definition) is 0. The molecule has 3 aromatic carbocycles. The van der Waals surface area contributed by atoms with Gasteiger partial charge in [-0.15, -0.1) is 0 Å². The Morgan fingerprint density at radius 1 is 0.714 bits per heavy atom. The third kappa shape index (κ3) is 4.76. The third-order valence-corrected chi connectivity index (χ3v) is 10.9. The van der Waals surface area contributed by atoms with E-state index in [1.165, 1.54) is 20.9 Å². The van der Waals surface area contributed by atoms with Crippen LogP contribution in [0, 0.1) is 0 Å². The van der Waals surface area contributed by atoms with Crippen molar-refractivity contribution in [1.29, 1.82) is 0 Å². The van der Waals surface area contributed by atoms with Gasteiger partial charge in [0.25, 0.3) is 0 Å². The summed E-state index contributed by atoms with van der Waals surface area (Å²) in [4.78, 5) is 2.53. The molecule has 5 heteroatoms. The molecule has 0 saturated carbocycles. The molecule has 3 aromatic rings. The highest BCUT2D eigenvalue weighted by Gasteiger charge is 2.43. The fraction of sp³-hybridized carbons (Fsp3) is 0.400. The zero-order valence-corrected chi connectivity index (χ0v) is 22.6. The van der Waals surface area contributed by atoms with Gasteiger partial charge in [0.05, 0.1) is 27.4 Å². The molecule has 0 aromatic heterocycles. The predicted molar refractivity (Wildman–Crippen MR) is 144 cm³/mol. The van der Waals surface area contributed by atoms with Crippen LogP contribution in [-0.2, 0) is 17.0 Å². The van der Waals surface area contributed by atoms with E-state index in [2.05, 4.69) is 87.5 Å². The Morgan fingerprint density at radius 2 is 1.26 bits per heavy atom. The number of methoxy groups -OCH3 is 3. The Bertz CT molecular complexity index is 1080. The lowest BCUT2D eigenvalue weighted by atomic mass is 10.0. The van der Waals surface area contributed by atoms with Crippen molar-refractivity contribution >= 4 is 10.3 Å². The van der Waals surface area contributed by atoms with Gasteiger partial charge in [-0.25, -0.2) is 0 Å². The minimum Gasteiger partial charge on any atom is -0.493 e. The molecular weight excluding hydrogens is 456 g/mol. The van der Waals surface area contributed by atoms with Gasteiger partial charge in [0.1, 0.15) is 0 Å². The van der Waals surface area contributed by atoms with Gasteiger partial charge in [-0.05, 0) is 82.3 Å². The van der Waals surface area contributed by atoms with Crippen LogP contribution in [0.2, 0.25) is 0 Å². The maximum absolute atomic E-state index is 7.39. The molecule has 1 atom stereocenters. The van der Waals surface area contributed by atoms with Crippen LogP contribution in [0.4, 0.5) is 0 Å². The highest BCUT2D eigenvalue weighted by molar-refractivity contribution is 8.31. The Hall–Kier alpha value is -2.63. The van der Waals surface area contributed by atoms with Crippen molar-refractivity contribution in [3.63, 3.8) is 0 Å². The van der Waals surface area contributed by atoms with Crippen LogP contribution in [0.1, 0.15) is 44.7 Å². The van der Waals surface area contributed by atoms with E-state index in [4.69, 9.17) is 18.4 Å². The van der Waals surface area contributed by atoms with Crippen LogP contribution in [0.3, 0.4) is 0 Å². The zero-order valence-electron chi connectivity index (χ0n) is 21.8. The Kier molecular flexibility index (Phi) is 7.67. The number of benzene rings is 3. The van der Waals surface area contributed by atoms with Crippen molar-refractivity contribution in [2.75, 3.05) is 21.3 Å². The molecule has 35 heavy (non-hydrogen) atoms. The zero-order chi connectivity index (χ0) is 25.1. The molecule has 188 valence electrons. The molecule has 0 spiro atoms. The monoisotopic (exact) mass is 494 g/mol. The first kappa shape index (κ1) is 25.5. The average Bonchev–Trinajstić information content (AvgIpc) is 3.08. The van der Waals surface area contributed by atoms with Crippen LogP contribution >= 0.6 is 10.3 Å². The summed E-state index contributed by atoms with van der Waals surface area (Å²) in [7, 11) is 3.25. The molecule has 0 amide bonds. The number of ether oxygens (including phenoxy) is 3. The highest BCUT2D eigenvalue weighted by atomic mass is 32.3. The largest absolute Gasteiger partial charge is 0.493 e. The summed E-state index contributed by atoms with van der Waals surface area (Å²) in [5, 5.41) is 0.